The Morgan fingerprint density at radius 3 is 2.53 bits per heavy atom. The molecule has 0 saturated carbocycles. The van der Waals surface area contributed by atoms with Crippen molar-refractivity contribution in [2.45, 2.75) is 51.0 Å². The van der Waals surface area contributed by atoms with Gasteiger partial charge in [-0.15, -0.1) is 0 Å². The molecule has 2 N–H and O–H groups in total. The van der Waals surface area contributed by atoms with Crippen LogP contribution in [-0.4, -0.2) is 89.2 Å². The number of piperazine rings is 1. The van der Waals surface area contributed by atoms with Crippen LogP contribution in [0.2, 0.25) is 0 Å². The Morgan fingerprint density at radius 2 is 1.75 bits per heavy atom. The van der Waals surface area contributed by atoms with Gasteiger partial charge in [0, 0.05) is 50.7 Å². The second-order valence-electron chi connectivity index (χ2n) is 14.2. The molecule has 9 nitrogen and oxygen atoms in total. The highest BCUT2D eigenvalue weighted by molar-refractivity contribution is 5.82. The Bertz CT molecular complexity index is 1650. The smallest absolute Gasteiger partial charge is 0.134 e. The van der Waals surface area contributed by atoms with Crippen molar-refractivity contribution in [2.24, 2.45) is 5.92 Å². The molecule has 0 bridgehead atoms. The largest absolute Gasteiger partial charge is 0.530 e. The van der Waals surface area contributed by atoms with Gasteiger partial charge in [0.15, 0.2) is 0 Å². The summed E-state index contributed by atoms with van der Waals surface area (Å²) in [5, 5.41) is 19.5. The van der Waals surface area contributed by atoms with Crippen LogP contribution in [0, 0.1) is 5.92 Å². The van der Waals surface area contributed by atoms with Crippen molar-refractivity contribution >= 4 is 22.6 Å². The van der Waals surface area contributed by atoms with Gasteiger partial charge in [-0.05, 0) is 65.9 Å². The second kappa shape index (κ2) is 18.5. The lowest BCUT2D eigenvalue weighted by molar-refractivity contribution is -0.250. The van der Waals surface area contributed by atoms with E-state index in [9.17, 15) is 9.90 Å². The van der Waals surface area contributed by atoms with E-state index in [1.54, 1.807) is 0 Å². The van der Waals surface area contributed by atoms with Crippen LogP contribution in [0.25, 0.3) is 10.8 Å². The zero-order valence-corrected chi connectivity index (χ0v) is 30.0. The van der Waals surface area contributed by atoms with E-state index in [0.717, 1.165) is 75.2 Å². The molecular weight excluding hydrogens is 640 g/mol. The topological polar surface area (TPSA) is 95.1 Å². The third kappa shape index (κ3) is 10.3. The average molecular weight is 695 g/mol. The van der Waals surface area contributed by atoms with Gasteiger partial charge in [-0.2, -0.15) is 0 Å². The van der Waals surface area contributed by atoms with Crippen molar-refractivity contribution in [3.63, 3.8) is 0 Å². The van der Waals surface area contributed by atoms with Crippen LogP contribution in [-0.2, 0) is 22.7 Å². The van der Waals surface area contributed by atoms with Gasteiger partial charge in [-0.1, -0.05) is 66.7 Å². The molecule has 6 rings (SSSR count). The van der Waals surface area contributed by atoms with Gasteiger partial charge in [-0.25, -0.2) is 0 Å². The van der Waals surface area contributed by atoms with Crippen molar-refractivity contribution in [1.82, 2.24) is 20.0 Å². The lowest BCUT2D eigenvalue weighted by Crippen LogP contribution is -2.70. The molecule has 4 aromatic carbocycles. The van der Waals surface area contributed by atoms with Crippen molar-refractivity contribution in [2.75, 3.05) is 66.1 Å². The molecule has 4 atom stereocenters. The Hall–Kier alpha value is -3.99. The van der Waals surface area contributed by atoms with E-state index in [1.807, 2.05) is 18.2 Å². The second-order valence-corrected chi connectivity index (χ2v) is 14.2. The van der Waals surface area contributed by atoms with Crippen LogP contribution in [0.3, 0.4) is 0 Å². The maximum Gasteiger partial charge on any atom is 0.134 e. The first-order valence-corrected chi connectivity index (χ1v) is 18.7. The quantitative estimate of drug-likeness (QED) is 0.114. The van der Waals surface area contributed by atoms with Gasteiger partial charge >= 0.3 is 0 Å². The summed E-state index contributed by atoms with van der Waals surface area (Å²) in [7, 11) is 2.36. The van der Waals surface area contributed by atoms with E-state index in [4.69, 9.17) is 14.2 Å². The molecule has 0 aliphatic carbocycles. The summed E-state index contributed by atoms with van der Waals surface area (Å²) in [4.78, 5) is 13.5. The molecule has 2 fully saturated rings. The van der Waals surface area contributed by atoms with Crippen LogP contribution in [0.1, 0.15) is 36.8 Å². The number of likely N-dealkylation sites (N-methyl/N-ethyl adjacent to an activating group) is 1. The summed E-state index contributed by atoms with van der Waals surface area (Å²) in [5.41, 5.74) is 3.61. The molecule has 2 heterocycles. The normalized spacial score (nSPS) is 21.7. The number of benzene rings is 4. The molecule has 9 heteroatoms. The number of carbonyl (C=O) groups is 1. The minimum absolute atomic E-state index is 0.0187. The van der Waals surface area contributed by atoms with Crippen molar-refractivity contribution < 1.29 is 24.1 Å². The number of hydrogen-bond donors (Lipinski definition) is 2. The van der Waals surface area contributed by atoms with E-state index in [1.165, 1.54) is 27.6 Å². The first-order valence-electron chi connectivity index (χ1n) is 18.7. The van der Waals surface area contributed by atoms with Crippen LogP contribution < -0.4 is 25.0 Å². The Balaban J connectivity index is 1.16. The highest BCUT2D eigenvalue weighted by atomic mass is 16.5. The summed E-state index contributed by atoms with van der Waals surface area (Å²) >= 11 is 0. The minimum Gasteiger partial charge on any atom is -0.530 e. The van der Waals surface area contributed by atoms with Gasteiger partial charge in [-0.3, -0.25) is 9.38 Å². The number of nitrogens with zero attached hydrogens (tertiary/aromatic N) is 2. The number of nitrogens with one attached hydrogen (secondary N) is 2. The summed E-state index contributed by atoms with van der Waals surface area (Å²) in [6, 6.07) is 34.2. The maximum absolute atomic E-state index is 11.0. The van der Waals surface area contributed by atoms with Gasteiger partial charge < -0.3 is 34.7 Å². The maximum atomic E-state index is 11.0. The molecule has 1 amide bonds. The first-order chi connectivity index (χ1) is 25.0. The fourth-order valence-corrected chi connectivity index (χ4v) is 7.74. The summed E-state index contributed by atoms with van der Waals surface area (Å²) in [6.45, 7) is 8.33. The average Bonchev–Trinajstić information content (AvgIpc) is 3.17. The molecule has 272 valence electrons. The van der Waals surface area contributed by atoms with Crippen molar-refractivity contribution in [3.05, 3.63) is 108 Å². The SMILES string of the molecule is C[N@@+]1(c2ccc(OCCCOCc3ccccc3)cc2)CCN(CCCNC(=O)[O-])C[C@@H]1C(OCc1ccc2ccccc2c1)C1CCCNC1. The highest BCUT2D eigenvalue weighted by Crippen LogP contribution is 2.36. The van der Waals surface area contributed by atoms with Gasteiger partial charge in [0.25, 0.3) is 0 Å². The summed E-state index contributed by atoms with van der Waals surface area (Å²) < 4.78 is 19.8. The molecule has 2 unspecified atom stereocenters. The molecule has 4 aromatic rings. The third-order valence-electron chi connectivity index (χ3n) is 10.7. The van der Waals surface area contributed by atoms with Crippen molar-refractivity contribution in [1.29, 1.82) is 0 Å². The number of ether oxygens (including phenoxy) is 3. The van der Waals surface area contributed by atoms with E-state index in [2.05, 4.69) is 101 Å². The van der Waals surface area contributed by atoms with E-state index in [0.29, 0.717) is 38.9 Å². The summed E-state index contributed by atoms with van der Waals surface area (Å²) in [6.07, 6.45) is 2.63. The zero-order chi connectivity index (χ0) is 35.3. The number of hydrogen-bond acceptors (Lipinski definition) is 7. The standard InChI is InChI=1S/C42H54N4O5/c1-46(38-17-19-39(20-18-38)50-27-9-26-49-31-33-10-3-2-4-11-33)25-24-45(23-8-22-44-42(47)48)30-40(46)41(37-14-7-21-43-29-37)51-32-34-15-16-35-12-5-6-13-36(35)28-34/h2-6,10-13,15-20,28,37,40-41,43-44H,7-9,14,21-27,29-32H2,1H3/t37?,40-,41?,46+/m1/s1. The number of carboxylic acid groups (broad SMARTS) is 1. The minimum atomic E-state index is -1.22. The van der Waals surface area contributed by atoms with Crippen LogP contribution in [0.5, 0.6) is 5.75 Å². The van der Waals surface area contributed by atoms with Crippen molar-refractivity contribution in [3.8, 4) is 5.75 Å². The predicted octanol–water partition coefficient (Wildman–Crippen LogP) is 5.35. The number of carbonyl (C=O) groups excluding carboxylic acids is 1. The lowest BCUT2D eigenvalue weighted by Gasteiger charge is -2.52. The number of piperidine rings is 1. The Morgan fingerprint density at radius 1 is 0.941 bits per heavy atom. The first kappa shape index (κ1) is 36.8. The number of fused-ring (bicyclic) bond motifs is 1. The van der Waals surface area contributed by atoms with Crippen LogP contribution >= 0.6 is 0 Å². The van der Waals surface area contributed by atoms with Crippen LogP contribution in [0.15, 0.2) is 97.1 Å². The Kier molecular flexibility index (Phi) is 13.3. The fraction of sp³-hybridized carbons (Fsp3) is 0.452. The van der Waals surface area contributed by atoms with Gasteiger partial charge in [0.1, 0.15) is 29.7 Å². The summed E-state index contributed by atoms with van der Waals surface area (Å²) in [5.74, 6) is 1.25. The Labute approximate surface area is 303 Å². The lowest BCUT2D eigenvalue weighted by atomic mass is 9.86. The molecule has 0 radical (unpaired) electrons. The number of rotatable bonds is 17. The van der Waals surface area contributed by atoms with E-state index in [-0.39, 0.29) is 12.1 Å². The monoisotopic (exact) mass is 694 g/mol. The zero-order valence-electron chi connectivity index (χ0n) is 30.0. The number of amides is 1. The predicted molar refractivity (Wildman–Crippen MR) is 202 cm³/mol. The van der Waals surface area contributed by atoms with E-state index >= 15 is 0 Å². The fourth-order valence-electron chi connectivity index (χ4n) is 7.74. The molecule has 0 aromatic heterocycles. The molecule has 0 spiro atoms. The molecule has 51 heavy (non-hydrogen) atoms. The number of quaternary nitrogens is 1. The van der Waals surface area contributed by atoms with Gasteiger partial charge in [0.05, 0.1) is 46.6 Å². The molecule has 2 aliphatic rings. The highest BCUT2D eigenvalue weighted by Gasteiger charge is 2.48. The molecular formula is C42H54N4O5. The van der Waals surface area contributed by atoms with Crippen LogP contribution in [0.4, 0.5) is 10.5 Å². The molecule has 2 saturated heterocycles. The molecule has 2 aliphatic heterocycles. The van der Waals surface area contributed by atoms with E-state index < -0.39 is 6.09 Å². The third-order valence-corrected chi connectivity index (χ3v) is 10.7. The van der Waals surface area contributed by atoms with Gasteiger partial charge in [0.2, 0.25) is 0 Å².